The van der Waals surface area contributed by atoms with Crippen LogP contribution < -0.4 is 10.1 Å². The number of nitrogens with one attached hydrogen (secondary N) is 1. The highest BCUT2D eigenvalue weighted by Gasteiger charge is 2.21. The fourth-order valence-electron chi connectivity index (χ4n) is 2.93. The van der Waals surface area contributed by atoms with Crippen molar-refractivity contribution in [3.05, 3.63) is 65.2 Å². The van der Waals surface area contributed by atoms with Gasteiger partial charge in [-0.05, 0) is 54.7 Å². The average molecular weight is 317 g/mol. The van der Waals surface area contributed by atoms with Crippen LogP contribution >= 0.6 is 0 Å². The molecule has 120 valence electrons. The molecule has 2 aromatic carbocycles. The second kappa shape index (κ2) is 6.77. The highest BCUT2D eigenvalue weighted by molar-refractivity contribution is 5.94. The van der Waals surface area contributed by atoms with Gasteiger partial charge in [0.15, 0.2) is 0 Å². The Kier molecular flexibility index (Phi) is 4.55. The Balaban J connectivity index is 1.70. The number of hydrogen-bond acceptors (Lipinski definition) is 2. The first-order valence-corrected chi connectivity index (χ1v) is 7.57. The largest absolute Gasteiger partial charge is 0.435 e. The maximum absolute atomic E-state index is 12.4. The molecule has 3 rings (SSSR count). The van der Waals surface area contributed by atoms with Crippen LogP contribution in [0.4, 0.5) is 8.78 Å². The number of amides is 1. The SMILES string of the molecule is O=C(N[C@H]1CCCc2ccccc21)c1ccc(OC(F)F)cc1. The van der Waals surface area contributed by atoms with Crippen molar-refractivity contribution in [2.24, 2.45) is 0 Å². The molecular formula is C18H17F2NO2. The summed E-state index contributed by atoms with van der Waals surface area (Å²) in [5.41, 5.74) is 2.85. The number of benzene rings is 2. The Labute approximate surface area is 133 Å². The molecule has 1 aliphatic rings. The summed E-state index contributed by atoms with van der Waals surface area (Å²) in [5, 5.41) is 3.02. The van der Waals surface area contributed by atoms with Crippen LogP contribution in [0.3, 0.4) is 0 Å². The topological polar surface area (TPSA) is 38.3 Å². The number of carbonyl (C=O) groups is 1. The number of carbonyl (C=O) groups excluding carboxylic acids is 1. The van der Waals surface area contributed by atoms with Crippen molar-refractivity contribution >= 4 is 5.91 Å². The van der Waals surface area contributed by atoms with Crippen LogP contribution in [0.25, 0.3) is 0 Å². The second-order valence-corrected chi connectivity index (χ2v) is 5.52. The van der Waals surface area contributed by atoms with Gasteiger partial charge in [0.1, 0.15) is 5.75 Å². The Morgan fingerprint density at radius 3 is 2.61 bits per heavy atom. The van der Waals surface area contributed by atoms with Crippen LogP contribution in [0.15, 0.2) is 48.5 Å². The Morgan fingerprint density at radius 1 is 1.13 bits per heavy atom. The molecule has 3 nitrogen and oxygen atoms in total. The predicted molar refractivity (Wildman–Crippen MR) is 82.7 cm³/mol. The molecule has 0 aromatic heterocycles. The molecular weight excluding hydrogens is 300 g/mol. The third-order valence-electron chi connectivity index (χ3n) is 4.02. The minimum atomic E-state index is -2.87. The van der Waals surface area contributed by atoms with E-state index < -0.39 is 6.61 Å². The van der Waals surface area contributed by atoms with Gasteiger partial charge in [0.2, 0.25) is 0 Å². The van der Waals surface area contributed by atoms with Gasteiger partial charge in [-0.15, -0.1) is 0 Å². The zero-order chi connectivity index (χ0) is 16.2. The van der Waals surface area contributed by atoms with Crippen molar-refractivity contribution in [2.45, 2.75) is 31.9 Å². The van der Waals surface area contributed by atoms with Gasteiger partial charge in [-0.1, -0.05) is 24.3 Å². The van der Waals surface area contributed by atoms with Crippen LogP contribution in [-0.2, 0) is 6.42 Å². The lowest BCUT2D eigenvalue weighted by molar-refractivity contribution is -0.0498. The molecule has 1 N–H and O–H groups in total. The zero-order valence-electron chi connectivity index (χ0n) is 12.5. The zero-order valence-corrected chi connectivity index (χ0v) is 12.5. The maximum atomic E-state index is 12.4. The van der Waals surface area contributed by atoms with Gasteiger partial charge in [0, 0.05) is 5.56 Å². The number of ether oxygens (including phenoxy) is 1. The van der Waals surface area contributed by atoms with E-state index in [1.54, 1.807) is 0 Å². The summed E-state index contributed by atoms with van der Waals surface area (Å²) >= 11 is 0. The van der Waals surface area contributed by atoms with Crippen LogP contribution in [0, 0.1) is 0 Å². The summed E-state index contributed by atoms with van der Waals surface area (Å²) in [5.74, 6) is -0.171. The second-order valence-electron chi connectivity index (χ2n) is 5.52. The van der Waals surface area contributed by atoms with Crippen molar-refractivity contribution < 1.29 is 18.3 Å². The molecule has 23 heavy (non-hydrogen) atoms. The van der Waals surface area contributed by atoms with Gasteiger partial charge < -0.3 is 10.1 Å². The molecule has 0 fully saturated rings. The number of aryl methyl sites for hydroxylation is 1. The van der Waals surface area contributed by atoms with E-state index in [1.807, 2.05) is 18.2 Å². The van der Waals surface area contributed by atoms with Gasteiger partial charge in [-0.25, -0.2) is 0 Å². The number of alkyl halides is 2. The first-order chi connectivity index (χ1) is 11.1. The third-order valence-corrected chi connectivity index (χ3v) is 4.02. The molecule has 1 amide bonds. The van der Waals surface area contributed by atoms with E-state index in [2.05, 4.69) is 16.1 Å². The van der Waals surface area contributed by atoms with Gasteiger partial charge in [0.25, 0.3) is 5.91 Å². The van der Waals surface area contributed by atoms with Crippen molar-refractivity contribution in [3.8, 4) is 5.75 Å². The number of halogens is 2. The van der Waals surface area contributed by atoms with E-state index in [4.69, 9.17) is 0 Å². The summed E-state index contributed by atoms with van der Waals surface area (Å²) in [6.45, 7) is -2.87. The molecule has 0 radical (unpaired) electrons. The van der Waals surface area contributed by atoms with Crippen LogP contribution in [0.2, 0.25) is 0 Å². The third kappa shape index (κ3) is 3.67. The van der Waals surface area contributed by atoms with Gasteiger partial charge >= 0.3 is 6.61 Å². The summed E-state index contributed by atoms with van der Waals surface area (Å²) in [6.07, 6.45) is 2.96. The maximum Gasteiger partial charge on any atom is 0.387 e. The fourth-order valence-corrected chi connectivity index (χ4v) is 2.93. The van der Waals surface area contributed by atoms with E-state index in [9.17, 15) is 13.6 Å². The summed E-state index contributed by atoms with van der Waals surface area (Å²) in [4.78, 5) is 12.4. The number of hydrogen-bond donors (Lipinski definition) is 1. The minimum Gasteiger partial charge on any atom is -0.435 e. The van der Waals surface area contributed by atoms with Gasteiger partial charge in [-0.2, -0.15) is 8.78 Å². The molecule has 1 atom stereocenters. The normalized spacial score (nSPS) is 16.7. The summed E-state index contributed by atoms with van der Waals surface area (Å²) < 4.78 is 28.5. The number of rotatable bonds is 4. The Morgan fingerprint density at radius 2 is 1.87 bits per heavy atom. The monoisotopic (exact) mass is 317 g/mol. The van der Waals surface area contributed by atoms with Crippen molar-refractivity contribution in [1.29, 1.82) is 0 Å². The van der Waals surface area contributed by atoms with E-state index in [-0.39, 0.29) is 17.7 Å². The first-order valence-electron chi connectivity index (χ1n) is 7.57. The van der Waals surface area contributed by atoms with Gasteiger partial charge in [-0.3, -0.25) is 4.79 Å². The van der Waals surface area contributed by atoms with Crippen molar-refractivity contribution in [3.63, 3.8) is 0 Å². The predicted octanol–water partition coefficient (Wildman–Crippen LogP) is 4.10. The highest BCUT2D eigenvalue weighted by atomic mass is 19.3. The molecule has 0 unspecified atom stereocenters. The lowest BCUT2D eigenvalue weighted by Crippen LogP contribution is -2.30. The molecule has 0 heterocycles. The lowest BCUT2D eigenvalue weighted by atomic mass is 9.87. The van der Waals surface area contributed by atoms with Crippen molar-refractivity contribution in [1.82, 2.24) is 5.32 Å². The lowest BCUT2D eigenvalue weighted by Gasteiger charge is -2.26. The molecule has 2 aromatic rings. The summed E-state index contributed by atoms with van der Waals surface area (Å²) in [7, 11) is 0. The minimum absolute atomic E-state index is 0.00978. The molecule has 0 bridgehead atoms. The summed E-state index contributed by atoms with van der Waals surface area (Å²) in [6, 6.07) is 13.8. The molecule has 1 aliphatic carbocycles. The van der Waals surface area contributed by atoms with E-state index in [0.29, 0.717) is 5.56 Å². The van der Waals surface area contributed by atoms with E-state index in [0.717, 1.165) is 24.8 Å². The quantitative estimate of drug-likeness (QED) is 0.922. The highest BCUT2D eigenvalue weighted by Crippen LogP contribution is 2.29. The Hall–Kier alpha value is -2.43. The van der Waals surface area contributed by atoms with E-state index in [1.165, 1.54) is 29.8 Å². The smallest absolute Gasteiger partial charge is 0.387 e. The van der Waals surface area contributed by atoms with Crippen LogP contribution in [0.1, 0.15) is 40.4 Å². The molecule has 0 saturated carbocycles. The Bertz CT molecular complexity index is 686. The standard InChI is InChI=1S/C18H17F2NO2/c19-18(20)23-14-10-8-13(9-11-14)17(22)21-16-7-3-5-12-4-1-2-6-15(12)16/h1-2,4,6,8-11,16,18H,3,5,7H2,(H,21,22)/t16-/m0/s1. The molecule has 0 saturated heterocycles. The molecule has 5 heteroatoms. The molecule has 0 spiro atoms. The first kappa shape index (κ1) is 15.5. The van der Waals surface area contributed by atoms with E-state index >= 15 is 0 Å². The van der Waals surface area contributed by atoms with Crippen LogP contribution in [0.5, 0.6) is 5.75 Å². The van der Waals surface area contributed by atoms with Crippen LogP contribution in [-0.4, -0.2) is 12.5 Å². The fraction of sp³-hybridized carbons (Fsp3) is 0.278. The average Bonchev–Trinajstić information content (AvgIpc) is 2.55. The molecule has 0 aliphatic heterocycles. The van der Waals surface area contributed by atoms with Crippen molar-refractivity contribution in [2.75, 3.05) is 0 Å². The number of fused-ring (bicyclic) bond motifs is 1. The van der Waals surface area contributed by atoms with Gasteiger partial charge in [0.05, 0.1) is 6.04 Å².